The molecule has 0 fully saturated rings. The van der Waals surface area contributed by atoms with E-state index in [-0.39, 0.29) is 10.6 Å². The van der Waals surface area contributed by atoms with Gasteiger partial charge < -0.3 is 9.84 Å². The van der Waals surface area contributed by atoms with Crippen LogP contribution in [0.5, 0.6) is 11.5 Å². The summed E-state index contributed by atoms with van der Waals surface area (Å²) in [4.78, 5) is 10.9. The molecule has 0 aromatic heterocycles. The fourth-order valence-electron chi connectivity index (χ4n) is 2.21. The third kappa shape index (κ3) is 3.52. The molecular weight excluding hydrogens is 312 g/mol. The van der Waals surface area contributed by atoms with E-state index in [9.17, 15) is 4.79 Å². The second-order valence-corrected chi connectivity index (χ2v) is 5.35. The average Bonchev–Trinajstić information content (AvgIpc) is 2.56. The van der Waals surface area contributed by atoms with Crippen molar-refractivity contribution in [1.82, 2.24) is 0 Å². The Kier molecular flexibility index (Phi) is 4.31. The molecule has 0 bridgehead atoms. The zero-order valence-corrected chi connectivity index (χ0v) is 12.8. The predicted octanol–water partition coefficient (Wildman–Crippen LogP) is 5.50. The van der Waals surface area contributed by atoms with Gasteiger partial charge in [-0.2, -0.15) is 0 Å². The Balaban J connectivity index is 1.79. The maximum Gasteiger partial charge on any atom is 0.337 e. The van der Waals surface area contributed by atoms with E-state index in [1.54, 1.807) is 6.07 Å². The van der Waals surface area contributed by atoms with Crippen molar-refractivity contribution in [3.63, 3.8) is 0 Å². The molecule has 0 unspecified atom stereocenters. The minimum atomic E-state index is -1.06. The highest BCUT2D eigenvalue weighted by atomic mass is 35.5. The summed E-state index contributed by atoms with van der Waals surface area (Å²) >= 11 is 5.94. The van der Waals surface area contributed by atoms with Gasteiger partial charge in [0.2, 0.25) is 0 Å². The van der Waals surface area contributed by atoms with Gasteiger partial charge in [0.1, 0.15) is 11.5 Å². The second-order valence-electron chi connectivity index (χ2n) is 4.94. The minimum Gasteiger partial charge on any atom is -0.478 e. The largest absolute Gasteiger partial charge is 0.478 e. The number of ether oxygens (including phenoxy) is 1. The molecule has 3 rings (SSSR count). The fraction of sp³-hybridized carbons (Fsp3) is 0. The van der Waals surface area contributed by atoms with Crippen LogP contribution >= 0.6 is 11.6 Å². The Labute approximate surface area is 138 Å². The molecule has 0 heterocycles. The van der Waals surface area contributed by atoms with Gasteiger partial charge in [0.15, 0.2) is 0 Å². The van der Waals surface area contributed by atoms with Crippen LogP contribution in [0.3, 0.4) is 0 Å². The fourth-order valence-corrected chi connectivity index (χ4v) is 2.47. The number of benzene rings is 3. The molecule has 0 amide bonds. The molecular formula is C19H13ClO3. The topological polar surface area (TPSA) is 46.5 Å². The lowest BCUT2D eigenvalue weighted by atomic mass is 10.1. The molecule has 3 nitrogen and oxygen atoms in total. The van der Waals surface area contributed by atoms with Crippen LogP contribution in [0.4, 0.5) is 0 Å². The Morgan fingerprint density at radius 2 is 1.43 bits per heavy atom. The molecule has 114 valence electrons. The van der Waals surface area contributed by atoms with E-state index in [0.717, 1.165) is 11.1 Å². The molecule has 0 atom stereocenters. The number of carboxylic acids is 1. The van der Waals surface area contributed by atoms with E-state index in [1.807, 2.05) is 54.6 Å². The Hall–Kier alpha value is -2.78. The van der Waals surface area contributed by atoms with Crippen molar-refractivity contribution in [1.29, 1.82) is 0 Å². The molecule has 0 spiro atoms. The van der Waals surface area contributed by atoms with Gasteiger partial charge in [-0.1, -0.05) is 54.1 Å². The van der Waals surface area contributed by atoms with Crippen LogP contribution in [0.15, 0.2) is 72.8 Å². The minimum absolute atomic E-state index is 0.0541. The lowest BCUT2D eigenvalue weighted by molar-refractivity contribution is 0.0697. The molecule has 0 saturated heterocycles. The van der Waals surface area contributed by atoms with Crippen molar-refractivity contribution in [2.75, 3.05) is 0 Å². The monoisotopic (exact) mass is 324 g/mol. The number of hydrogen-bond donors (Lipinski definition) is 1. The smallest absolute Gasteiger partial charge is 0.337 e. The highest BCUT2D eigenvalue weighted by molar-refractivity contribution is 6.33. The normalized spacial score (nSPS) is 10.3. The first kappa shape index (κ1) is 15.1. The van der Waals surface area contributed by atoms with Crippen molar-refractivity contribution >= 4 is 17.6 Å². The van der Waals surface area contributed by atoms with Gasteiger partial charge in [-0.05, 0) is 35.4 Å². The Morgan fingerprint density at radius 3 is 2.04 bits per heavy atom. The molecule has 4 heteroatoms. The van der Waals surface area contributed by atoms with Crippen LogP contribution in [0.25, 0.3) is 11.1 Å². The maximum absolute atomic E-state index is 10.9. The van der Waals surface area contributed by atoms with E-state index in [0.29, 0.717) is 11.5 Å². The number of carboxylic acid groups (broad SMARTS) is 1. The van der Waals surface area contributed by atoms with Gasteiger partial charge >= 0.3 is 5.97 Å². The average molecular weight is 325 g/mol. The van der Waals surface area contributed by atoms with E-state index in [4.69, 9.17) is 21.4 Å². The molecule has 3 aromatic carbocycles. The summed E-state index contributed by atoms with van der Waals surface area (Å²) in [5.74, 6) is 0.0880. The van der Waals surface area contributed by atoms with Gasteiger partial charge in [-0.25, -0.2) is 4.79 Å². The number of halogens is 1. The number of hydrogen-bond acceptors (Lipinski definition) is 2. The standard InChI is InChI=1S/C19H13ClO3/c20-18-12-16(10-11-17(18)19(21)22)23-15-8-6-14(7-9-15)13-4-2-1-3-5-13/h1-12H,(H,21,22). The number of carbonyl (C=O) groups is 1. The summed E-state index contributed by atoms with van der Waals surface area (Å²) in [7, 11) is 0. The lowest BCUT2D eigenvalue weighted by Crippen LogP contribution is -1.97. The zero-order chi connectivity index (χ0) is 16.2. The summed E-state index contributed by atoms with van der Waals surface area (Å²) < 4.78 is 5.71. The van der Waals surface area contributed by atoms with Crippen LogP contribution in [0.1, 0.15) is 10.4 Å². The van der Waals surface area contributed by atoms with E-state index >= 15 is 0 Å². The van der Waals surface area contributed by atoms with Crippen molar-refractivity contribution in [3.8, 4) is 22.6 Å². The van der Waals surface area contributed by atoms with E-state index < -0.39 is 5.97 Å². The third-order valence-corrected chi connectivity index (χ3v) is 3.68. The molecule has 0 aliphatic carbocycles. The second kappa shape index (κ2) is 6.55. The van der Waals surface area contributed by atoms with Crippen LogP contribution in [-0.4, -0.2) is 11.1 Å². The first-order valence-electron chi connectivity index (χ1n) is 7.00. The highest BCUT2D eigenvalue weighted by Gasteiger charge is 2.09. The molecule has 23 heavy (non-hydrogen) atoms. The van der Waals surface area contributed by atoms with Crippen molar-refractivity contribution < 1.29 is 14.6 Å². The quantitative estimate of drug-likeness (QED) is 0.689. The van der Waals surface area contributed by atoms with Crippen LogP contribution < -0.4 is 4.74 Å². The first-order chi connectivity index (χ1) is 11.1. The van der Waals surface area contributed by atoms with Gasteiger partial charge in [0, 0.05) is 6.07 Å². The number of rotatable bonds is 4. The first-order valence-corrected chi connectivity index (χ1v) is 7.37. The lowest BCUT2D eigenvalue weighted by Gasteiger charge is -2.08. The van der Waals surface area contributed by atoms with Gasteiger partial charge in [0.05, 0.1) is 10.6 Å². The van der Waals surface area contributed by atoms with Crippen LogP contribution in [0.2, 0.25) is 5.02 Å². The molecule has 0 radical (unpaired) electrons. The van der Waals surface area contributed by atoms with Crippen molar-refractivity contribution in [2.24, 2.45) is 0 Å². The van der Waals surface area contributed by atoms with Crippen LogP contribution in [0, 0.1) is 0 Å². The third-order valence-electron chi connectivity index (χ3n) is 3.37. The van der Waals surface area contributed by atoms with Gasteiger partial charge in [0.25, 0.3) is 0 Å². The summed E-state index contributed by atoms with van der Waals surface area (Å²) in [6.07, 6.45) is 0. The highest BCUT2D eigenvalue weighted by Crippen LogP contribution is 2.28. The van der Waals surface area contributed by atoms with Crippen molar-refractivity contribution in [2.45, 2.75) is 0 Å². The van der Waals surface area contributed by atoms with Gasteiger partial charge in [-0.15, -0.1) is 0 Å². The molecule has 0 saturated carbocycles. The summed E-state index contributed by atoms with van der Waals surface area (Å²) in [6.45, 7) is 0. The Morgan fingerprint density at radius 1 is 0.826 bits per heavy atom. The van der Waals surface area contributed by atoms with E-state index in [1.165, 1.54) is 12.1 Å². The van der Waals surface area contributed by atoms with E-state index in [2.05, 4.69) is 0 Å². The summed E-state index contributed by atoms with van der Waals surface area (Å²) in [6, 6.07) is 22.2. The number of aromatic carboxylic acids is 1. The molecule has 0 aliphatic rings. The molecule has 3 aromatic rings. The Bertz CT molecular complexity index is 827. The summed E-state index contributed by atoms with van der Waals surface area (Å²) in [5, 5.41) is 9.11. The summed E-state index contributed by atoms with van der Waals surface area (Å²) in [5.41, 5.74) is 2.28. The maximum atomic E-state index is 10.9. The predicted molar refractivity (Wildman–Crippen MR) is 90.4 cm³/mol. The van der Waals surface area contributed by atoms with Gasteiger partial charge in [-0.3, -0.25) is 0 Å². The SMILES string of the molecule is O=C(O)c1ccc(Oc2ccc(-c3ccccc3)cc2)cc1Cl. The molecule has 0 aliphatic heterocycles. The zero-order valence-electron chi connectivity index (χ0n) is 12.1. The van der Waals surface area contributed by atoms with Crippen LogP contribution in [-0.2, 0) is 0 Å². The van der Waals surface area contributed by atoms with Crippen molar-refractivity contribution in [3.05, 3.63) is 83.4 Å². The molecule has 1 N–H and O–H groups in total.